The van der Waals surface area contributed by atoms with E-state index in [2.05, 4.69) is 4.72 Å². The van der Waals surface area contributed by atoms with Gasteiger partial charge in [0.25, 0.3) is 5.91 Å². The molecule has 6 nitrogen and oxygen atoms in total. The predicted molar refractivity (Wildman–Crippen MR) is 93.5 cm³/mol. The van der Waals surface area contributed by atoms with Crippen molar-refractivity contribution in [3.05, 3.63) is 54.0 Å². The fourth-order valence-corrected chi connectivity index (χ4v) is 3.72. The summed E-state index contributed by atoms with van der Waals surface area (Å²) in [6.07, 6.45) is 3.82. The molecule has 1 aromatic heterocycles. The van der Waals surface area contributed by atoms with Gasteiger partial charge in [-0.2, -0.15) is 0 Å². The Balaban J connectivity index is 1.67. The lowest BCUT2D eigenvalue weighted by atomic mass is 10.1. The molecule has 1 aliphatic carbocycles. The fourth-order valence-electron chi connectivity index (χ4n) is 2.72. The van der Waals surface area contributed by atoms with Crippen molar-refractivity contribution in [1.82, 2.24) is 9.62 Å². The molecule has 1 amide bonds. The minimum atomic E-state index is -3.65. The minimum Gasteiger partial charge on any atom is -0.468 e. The monoisotopic (exact) mass is 362 g/mol. The number of carbonyl (C=O) groups is 1. The minimum absolute atomic E-state index is 0.0810. The first kappa shape index (κ1) is 17.7. The Bertz CT molecular complexity index is 824. The first-order valence-corrected chi connectivity index (χ1v) is 9.76. The summed E-state index contributed by atoms with van der Waals surface area (Å²) in [7, 11) is -1.86. The Kier molecular flexibility index (Phi) is 4.96. The Labute approximate surface area is 147 Å². The third-order valence-electron chi connectivity index (χ3n) is 4.66. The zero-order valence-corrected chi connectivity index (χ0v) is 15.1. The molecule has 1 fully saturated rings. The number of benzene rings is 1. The molecular weight excluding hydrogens is 340 g/mol. The van der Waals surface area contributed by atoms with Crippen LogP contribution in [0.25, 0.3) is 0 Å². The lowest BCUT2D eigenvalue weighted by Crippen LogP contribution is -2.36. The average Bonchev–Trinajstić information content (AvgIpc) is 3.34. The van der Waals surface area contributed by atoms with Crippen LogP contribution in [0.1, 0.15) is 35.9 Å². The van der Waals surface area contributed by atoms with Crippen LogP contribution in [0.3, 0.4) is 0 Å². The van der Waals surface area contributed by atoms with Crippen molar-refractivity contribution in [2.75, 3.05) is 7.05 Å². The molecule has 3 rings (SSSR count). The van der Waals surface area contributed by atoms with Crippen LogP contribution in [0.2, 0.25) is 0 Å². The number of sulfonamides is 1. The Morgan fingerprint density at radius 2 is 1.96 bits per heavy atom. The summed E-state index contributed by atoms with van der Waals surface area (Å²) < 4.78 is 32.2. The summed E-state index contributed by atoms with van der Waals surface area (Å²) in [4.78, 5) is 14.4. The normalized spacial score (nSPS) is 15.8. The number of nitrogens with one attached hydrogen (secondary N) is 1. The number of amides is 1. The topological polar surface area (TPSA) is 79.6 Å². The molecule has 1 atom stereocenters. The molecule has 134 valence electrons. The molecule has 1 aliphatic rings. The summed E-state index contributed by atoms with van der Waals surface area (Å²) in [5.74, 6) is 1.03. The van der Waals surface area contributed by atoms with E-state index in [0.717, 1.165) is 12.8 Å². The molecule has 0 radical (unpaired) electrons. The van der Waals surface area contributed by atoms with Crippen LogP contribution in [0.15, 0.2) is 52.0 Å². The van der Waals surface area contributed by atoms with Gasteiger partial charge in [0.1, 0.15) is 5.76 Å². The van der Waals surface area contributed by atoms with Gasteiger partial charge in [-0.05, 0) is 62.1 Å². The number of rotatable bonds is 7. The van der Waals surface area contributed by atoms with Gasteiger partial charge in [0, 0.05) is 18.7 Å². The number of furan rings is 1. The zero-order valence-electron chi connectivity index (χ0n) is 14.3. The third kappa shape index (κ3) is 4.11. The number of carbonyl (C=O) groups excluding carboxylic acids is 1. The molecule has 1 unspecified atom stereocenters. The van der Waals surface area contributed by atoms with Gasteiger partial charge in [0.15, 0.2) is 0 Å². The number of hydrogen-bond acceptors (Lipinski definition) is 4. The van der Waals surface area contributed by atoms with Gasteiger partial charge in [-0.1, -0.05) is 0 Å². The maximum atomic E-state index is 12.5. The van der Waals surface area contributed by atoms with E-state index in [1.807, 2.05) is 6.92 Å². The average molecular weight is 362 g/mol. The highest BCUT2D eigenvalue weighted by Gasteiger charge is 2.32. The number of hydrogen-bond donors (Lipinski definition) is 1. The lowest BCUT2D eigenvalue weighted by Gasteiger charge is -2.25. The first-order valence-electron chi connectivity index (χ1n) is 8.28. The van der Waals surface area contributed by atoms with Gasteiger partial charge in [0.05, 0.1) is 17.7 Å². The fraction of sp³-hybridized carbons (Fsp3) is 0.389. The highest BCUT2D eigenvalue weighted by atomic mass is 32.2. The molecule has 25 heavy (non-hydrogen) atoms. The van der Waals surface area contributed by atoms with Gasteiger partial charge in [0.2, 0.25) is 10.0 Å². The van der Waals surface area contributed by atoms with Crippen LogP contribution in [0.4, 0.5) is 0 Å². The van der Waals surface area contributed by atoms with Crippen LogP contribution in [-0.4, -0.2) is 32.3 Å². The Hall–Kier alpha value is -2.12. The molecule has 2 aromatic rings. The highest BCUT2D eigenvalue weighted by molar-refractivity contribution is 7.89. The lowest BCUT2D eigenvalue weighted by molar-refractivity contribution is 0.0727. The van der Waals surface area contributed by atoms with Crippen molar-refractivity contribution in [2.24, 2.45) is 5.92 Å². The summed E-state index contributed by atoms with van der Waals surface area (Å²) in [6.45, 7) is 2.13. The zero-order chi connectivity index (χ0) is 18.0. The Morgan fingerprint density at radius 3 is 2.52 bits per heavy atom. The van der Waals surface area contributed by atoms with Gasteiger partial charge in [-0.25, -0.2) is 13.1 Å². The van der Waals surface area contributed by atoms with Crippen molar-refractivity contribution >= 4 is 15.9 Å². The van der Waals surface area contributed by atoms with Crippen molar-refractivity contribution in [2.45, 2.75) is 37.2 Å². The van der Waals surface area contributed by atoms with E-state index in [1.54, 1.807) is 36.2 Å². The highest BCUT2D eigenvalue weighted by Crippen LogP contribution is 2.35. The molecule has 0 bridgehead atoms. The van der Waals surface area contributed by atoms with Crippen LogP contribution in [0, 0.1) is 5.92 Å². The van der Waals surface area contributed by atoms with Gasteiger partial charge >= 0.3 is 0 Å². The second-order valence-corrected chi connectivity index (χ2v) is 8.19. The van der Waals surface area contributed by atoms with Crippen molar-refractivity contribution in [3.8, 4) is 0 Å². The predicted octanol–water partition coefficient (Wildman–Crippen LogP) is 2.63. The molecule has 7 heteroatoms. The van der Waals surface area contributed by atoms with Crippen molar-refractivity contribution in [3.63, 3.8) is 0 Å². The molecule has 1 heterocycles. The maximum absolute atomic E-state index is 12.5. The Morgan fingerprint density at radius 1 is 1.28 bits per heavy atom. The van der Waals surface area contributed by atoms with Crippen molar-refractivity contribution < 1.29 is 17.6 Å². The van der Waals surface area contributed by atoms with Crippen LogP contribution in [0.5, 0.6) is 0 Å². The van der Waals surface area contributed by atoms with Crippen LogP contribution < -0.4 is 4.72 Å². The maximum Gasteiger partial charge on any atom is 0.253 e. The van der Waals surface area contributed by atoms with E-state index in [1.165, 1.54) is 18.4 Å². The molecule has 1 aromatic carbocycles. The second kappa shape index (κ2) is 7.01. The van der Waals surface area contributed by atoms with Crippen LogP contribution >= 0.6 is 0 Å². The van der Waals surface area contributed by atoms with E-state index < -0.39 is 10.0 Å². The summed E-state index contributed by atoms with van der Waals surface area (Å²) in [5.41, 5.74) is 0.486. The molecule has 0 saturated heterocycles. The van der Waals surface area contributed by atoms with Crippen LogP contribution in [-0.2, 0) is 16.6 Å². The largest absolute Gasteiger partial charge is 0.468 e. The van der Waals surface area contributed by atoms with E-state index in [4.69, 9.17) is 4.42 Å². The van der Waals surface area contributed by atoms with E-state index in [9.17, 15) is 13.2 Å². The standard InChI is InChI=1S/C18H22N2O4S/c1-13(14-5-6-14)20(2)18(21)15-7-9-17(10-8-15)25(22,23)19-12-16-4-3-11-24-16/h3-4,7-11,13-14,19H,5-6,12H2,1-2H3. The summed E-state index contributed by atoms with van der Waals surface area (Å²) in [5, 5.41) is 0. The molecule has 0 aliphatic heterocycles. The molecule has 1 saturated carbocycles. The molecule has 0 spiro atoms. The quantitative estimate of drug-likeness (QED) is 0.821. The van der Waals surface area contributed by atoms with E-state index >= 15 is 0 Å². The molecular formula is C18H22N2O4S. The van der Waals surface area contributed by atoms with Gasteiger partial charge in [-0.15, -0.1) is 0 Å². The van der Waals surface area contributed by atoms with E-state index in [0.29, 0.717) is 17.2 Å². The smallest absolute Gasteiger partial charge is 0.253 e. The summed E-state index contributed by atoms with van der Waals surface area (Å²) in [6, 6.07) is 9.61. The van der Waals surface area contributed by atoms with Crippen molar-refractivity contribution in [1.29, 1.82) is 0 Å². The first-order chi connectivity index (χ1) is 11.9. The van der Waals surface area contributed by atoms with Gasteiger partial charge in [-0.3, -0.25) is 4.79 Å². The third-order valence-corrected chi connectivity index (χ3v) is 6.08. The number of nitrogens with zero attached hydrogens (tertiary/aromatic N) is 1. The van der Waals surface area contributed by atoms with E-state index in [-0.39, 0.29) is 23.4 Å². The molecule has 1 N–H and O–H groups in total. The second-order valence-electron chi connectivity index (χ2n) is 6.42. The SMILES string of the molecule is CC(C1CC1)N(C)C(=O)c1ccc(S(=O)(=O)NCc2ccco2)cc1. The van der Waals surface area contributed by atoms with Gasteiger partial charge < -0.3 is 9.32 Å². The summed E-state index contributed by atoms with van der Waals surface area (Å²) >= 11 is 0.